The van der Waals surface area contributed by atoms with Crippen LogP contribution < -0.4 is 20.4 Å². The number of para-hydroxylation sites is 1. The van der Waals surface area contributed by atoms with Crippen molar-refractivity contribution in [1.29, 1.82) is 0 Å². The molecule has 12 nitrogen and oxygen atoms in total. The number of aliphatic carboxylic acids is 1. The van der Waals surface area contributed by atoms with E-state index in [0.29, 0.717) is 63.7 Å². The van der Waals surface area contributed by atoms with Gasteiger partial charge in [-0.1, -0.05) is 42.4 Å². The largest absolute Gasteiger partial charge is 0.493 e. The number of ether oxygens (including phenoxy) is 3. The van der Waals surface area contributed by atoms with Crippen molar-refractivity contribution in [1.82, 2.24) is 30.8 Å². The number of hydrazone groups is 1. The number of halogens is 2. The second kappa shape index (κ2) is 12.3. The van der Waals surface area contributed by atoms with E-state index in [9.17, 15) is 14.3 Å². The molecular formula is C27H31ClFN7O5S. The van der Waals surface area contributed by atoms with Gasteiger partial charge in [0.25, 0.3) is 0 Å². The van der Waals surface area contributed by atoms with Crippen molar-refractivity contribution in [2.45, 2.75) is 50.3 Å². The molecule has 15 heteroatoms. The molecule has 0 spiro atoms. The Labute approximate surface area is 251 Å². The highest BCUT2D eigenvalue weighted by Gasteiger charge is 2.38. The summed E-state index contributed by atoms with van der Waals surface area (Å²) >= 11 is 7.58. The molecule has 5 rings (SSSR count). The van der Waals surface area contributed by atoms with Gasteiger partial charge in [-0.15, -0.1) is 20.4 Å². The molecule has 3 aromatic rings. The Morgan fingerprint density at radius 1 is 1.24 bits per heavy atom. The zero-order chi connectivity index (χ0) is 30.0. The van der Waals surface area contributed by atoms with E-state index in [1.54, 1.807) is 55.1 Å². The first-order valence-corrected chi connectivity index (χ1v) is 14.4. The summed E-state index contributed by atoms with van der Waals surface area (Å²) in [6, 6.07) is 10.8. The molecule has 3 N–H and O–H groups in total. The molecule has 42 heavy (non-hydrogen) atoms. The summed E-state index contributed by atoms with van der Waals surface area (Å²) < 4.78 is 32.9. The number of hydrogen-bond acceptors (Lipinski definition) is 11. The van der Waals surface area contributed by atoms with Gasteiger partial charge in [0.2, 0.25) is 0 Å². The molecule has 1 unspecified atom stereocenters. The number of alkyl halides is 1. The Kier molecular flexibility index (Phi) is 8.78. The molecule has 2 aromatic carbocycles. The van der Waals surface area contributed by atoms with Crippen LogP contribution in [-0.4, -0.2) is 61.6 Å². The van der Waals surface area contributed by atoms with Crippen LogP contribution in [0.5, 0.6) is 11.5 Å². The van der Waals surface area contributed by atoms with E-state index in [0.717, 1.165) is 11.8 Å². The lowest BCUT2D eigenvalue weighted by Crippen LogP contribution is -2.43. The fourth-order valence-corrected chi connectivity index (χ4v) is 5.91. The first-order valence-electron chi connectivity index (χ1n) is 13.2. The number of hydrazine groups is 2. The van der Waals surface area contributed by atoms with Gasteiger partial charge >= 0.3 is 5.97 Å². The molecule has 0 bridgehead atoms. The highest BCUT2D eigenvalue weighted by molar-refractivity contribution is 8.15. The molecule has 0 saturated heterocycles. The maximum atomic E-state index is 14.2. The highest BCUT2D eigenvalue weighted by Crippen LogP contribution is 2.46. The first-order chi connectivity index (χ1) is 20.2. The average Bonchev–Trinajstić information content (AvgIpc) is 3.60. The van der Waals surface area contributed by atoms with Gasteiger partial charge in [0.1, 0.15) is 23.6 Å². The number of carbonyl (C=O) groups is 1. The first kappa shape index (κ1) is 29.9. The lowest BCUT2D eigenvalue weighted by molar-refractivity contribution is -0.139. The summed E-state index contributed by atoms with van der Waals surface area (Å²) in [5.41, 5.74) is 7.97. The lowest BCUT2D eigenvalue weighted by atomic mass is 9.98. The van der Waals surface area contributed by atoms with Crippen LogP contribution in [0.15, 0.2) is 41.5 Å². The number of rotatable bonds is 10. The third kappa shape index (κ3) is 5.59. The number of methoxy groups -OCH3 is 2. The summed E-state index contributed by atoms with van der Waals surface area (Å²) in [7, 11) is 3.11. The molecule has 0 aliphatic carbocycles. The van der Waals surface area contributed by atoms with Crippen molar-refractivity contribution in [3.8, 4) is 17.2 Å². The summed E-state index contributed by atoms with van der Waals surface area (Å²) in [6.45, 7) is 2.98. The van der Waals surface area contributed by atoms with Crippen molar-refractivity contribution in [2.24, 2.45) is 5.10 Å². The predicted octanol–water partition coefficient (Wildman–Crippen LogP) is 4.54. The van der Waals surface area contributed by atoms with Gasteiger partial charge in [0.05, 0.1) is 19.9 Å². The Morgan fingerprint density at radius 3 is 2.74 bits per heavy atom. The fraction of sp³-hybridized carbons (Fsp3) is 0.407. The van der Waals surface area contributed by atoms with Crippen LogP contribution >= 0.6 is 23.4 Å². The number of carboxylic acids is 1. The van der Waals surface area contributed by atoms with Gasteiger partial charge in [-0.2, -0.15) is 0 Å². The van der Waals surface area contributed by atoms with Crippen LogP contribution in [0, 0.1) is 0 Å². The number of carboxylic acid groups (broad SMARTS) is 1. The SMILES string of the molecule is CCC(C)(SC1=NNN(CC[C@H]2O[C@H](c3cccc(OC)c3OC)c3cc(Cl)ccc3-n3c(CF)nnc32)N1)C(=O)O. The average molecular weight is 620 g/mol. The number of nitrogens with one attached hydrogen (secondary N) is 2. The standard InChI is InChI=1S/C27H31ClFN7O5S/c1-5-27(2,25(37)38)42-26-32-34-35(33-26)12-11-20-24-31-30-21(14-29)36(24)18-10-9-15(28)13-17(18)22(41-20)16-7-6-8-19(39-3)23(16)40-4/h6-10,13,20,22,34H,5,11-12,14H2,1-4H3,(H,32,33)(H,37,38)/t20-,22-,27?/m1/s1. The second-order valence-corrected chi connectivity index (χ2v) is 11.7. The van der Waals surface area contributed by atoms with Crippen molar-refractivity contribution in [3.05, 3.63) is 64.2 Å². The van der Waals surface area contributed by atoms with Crippen LogP contribution in [0.1, 0.15) is 61.7 Å². The summed E-state index contributed by atoms with van der Waals surface area (Å²) in [4.78, 5) is 11.8. The minimum Gasteiger partial charge on any atom is -0.493 e. The molecule has 2 aliphatic rings. The van der Waals surface area contributed by atoms with E-state index in [1.165, 1.54) is 0 Å². The van der Waals surface area contributed by atoms with Gasteiger partial charge in [0.15, 0.2) is 28.3 Å². The zero-order valence-corrected chi connectivity index (χ0v) is 25.0. The van der Waals surface area contributed by atoms with Crippen LogP contribution in [0.3, 0.4) is 0 Å². The molecule has 224 valence electrons. The molecule has 1 aromatic heterocycles. The maximum absolute atomic E-state index is 14.2. The minimum atomic E-state index is -1.04. The molecule has 3 heterocycles. The van der Waals surface area contributed by atoms with Crippen LogP contribution in [0.2, 0.25) is 5.02 Å². The molecule has 0 amide bonds. The van der Waals surface area contributed by atoms with Crippen molar-refractivity contribution in [2.75, 3.05) is 20.8 Å². The number of hydrogen-bond donors (Lipinski definition) is 3. The Bertz CT molecular complexity index is 1510. The number of aromatic nitrogens is 3. The van der Waals surface area contributed by atoms with Gasteiger partial charge in [0, 0.05) is 22.7 Å². The molecular weight excluding hydrogens is 589 g/mol. The maximum Gasteiger partial charge on any atom is 0.319 e. The van der Waals surface area contributed by atoms with E-state index in [-0.39, 0.29) is 5.82 Å². The van der Waals surface area contributed by atoms with Gasteiger partial charge < -0.3 is 19.3 Å². The monoisotopic (exact) mass is 619 g/mol. The van der Waals surface area contributed by atoms with E-state index in [1.807, 2.05) is 19.1 Å². The molecule has 3 atom stereocenters. The zero-order valence-electron chi connectivity index (χ0n) is 23.4. The smallest absolute Gasteiger partial charge is 0.319 e. The Balaban J connectivity index is 1.47. The van der Waals surface area contributed by atoms with Gasteiger partial charge in [-0.3, -0.25) is 14.8 Å². The molecule has 0 fully saturated rings. The third-order valence-corrected chi connectivity index (χ3v) is 8.78. The number of fused-ring (bicyclic) bond motifs is 3. The summed E-state index contributed by atoms with van der Waals surface area (Å²) in [5, 5.41) is 24.8. The van der Waals surface area contributed by atoms with Gasteiger partial charge in [-0.05, 0) is 44.0 Å². The number of nitrogens with zero attached hydrogens (tertiary/aromatic N) is 5. The number of thioether (sulfide) groups is 1. The molecule has 2 aliphatic heterocycles. The van der Waals surface area contributed by atoms with E-state index < -0.39 is 29.6 Å². The Morgan fingerprint density at radius 2 is 2.05 bits per heavy atom. The van der Waals surface area contributed by atoms with E-state index in [2.05, 4.69) is 26.3 Å². The van der Waals surface area contributed by atoms with Gasteiger partial charge in [-0.25, -0.2) is 9.93 Å². The highest BCUT2D eigenvalue weighted by atomic mass is 35.5. The van der Waals surface area contributed by atoms with Crippen molar-refractivity contribution in [3.63, 3.8) is 0 Å². The fourth-order valence-electron chi connectivity index (χ4n) is 4.83. The second-order valence-electron chi connectivity index (χ2n) is 9.79. The quantitative estimate of drug-likeness (QED) is 0.295. The van der Waals surface area contributed by atoms with Crippen LogP contribution in [-0.2, 0) is 16.2 Å². The number of amidine groups is 1. The number of benzene rings is 2. The summed E-state index contributed by atoms with van der Waals surface area (Å²) in [5.74, 6) is 0.655. The topological polar surface area (TPSA) is 135 Å². The lowest BCUT2D eigenvalue weighted by Gasteiger charge is -2.26. The predicted molar refractivity (Wildman–Crippen MR) is 155 cm³/mol. The van der Waals surface area contributed by atoms with Crippen LogP contribution in [0.25, 0.3) is 5.69 Å². The normalized spacial score (nSPS) is 19.4. The molecule has 0 saturated carbocycles. The minimum absolute atomic E-state index is 0.132. The van der Waals surface area contributed by atoms with E-state index >= 15 is 0 Å². The van der Waals surface area contributed by atoms with Crippen molar-refractivity contribution < 1.29 is 28.5 Å². The third-order valence-electron chi connectivity index (χ3n) is 7.26. The molecule has 0 radical (unpaired) electrons. The summed E-state index contributed by atoms with van der Waals surface area (Å²) in [6.07, 6.45) is -0.571. The van der Waals surface area contributed by atoms with Crippen LogP contribution in [0.4, 0.5) is 4.39 Å². The Hall–Kier alpha value is -3.59. The van der Waals surface area contributed by atoms with E-state index in [4.69, 9.17) is 25.8 Å². The van der Waals surface area contributed by atoms with Crippen molar-refractivity contribution >= 4 is 34.5 Å².